The first-order valence-electron chi connectivity index (χ1n) is 11.6. The number of anilines is 2. The van der Waals surface area contributed by atoms with Crippen molar-refractivity contribution in [1.82, 2.24) is 24.5 Å². The van der Waals surface area contributed by atoms with E-state index < -0.39 is 0 Å². The molecule has 3 aromatic heterocycles. The molecular weight excluding hydrogens is 459 g/mol. The Bertz CT molecular complexity index is 1010. The molecule has 0 aromatic carbocycles. The van der Waals surface area contributed by atoms with Crippen LogP contribution >= 0.6 is 24.8 Å². The number of halogens is 2. The SMILES string of the molecule is CC(Nc1nc(NC2CCC(N)CC2)nc2c1ncn2C1CCCC1)c1ccncc1.Cl.Cl. The summed E-state index contributed by atoms with van der Waals surface area (Å²) in [6.07, 6.45) is 14.7. The first-order valence-corrected chi connectivity index (χ1v) is 11.6. The van der Waals surface area contributed by atoms with Gasteiger partial charge in [-0.3, -0.25) is 4.98 Å². The van der Waals surface area contributed by atoms with Crippen LogP contribution in [-0.2, 0) is 0 Å². The molecule has 2 aliphatic rings. The van der Waals surface area contributed by atoms with E-state index in [2.05, 4.69) is 27.1 Å². The Balaban J connectivity index is 0.00000153. The molecule has 3 aromatic rings. The molecule has 180 valence electrons. The number of nitrogens with two attached hydrogens (primary N) is 1. The third-order valence-corrected chi connectivity index (χ3v) is 6.80. The molecule has 0 aliphatic heterocycles. The molecule has 1 atom stereocenters. The van der Waals surface area contributed by atoms with E-state index in [-0.39, 0.29) is 30.9 Å². The number of aromatic nitrogens is 5. The molecule has 2 aliphatic carbocycles. The molecule has 10 heteroatoms. The monoisotopic (exact) mass is 492 g/mol. The van der Waals surface area contributed by atoms with E-state index >= 15 is 0 Å². The van der Waals surface area contributed by atoms with Crippen molar-refractivity contribution in [2.45, 2.75) is 82.5 Å². The summed E-state index contributed by atoms with van der Waals surface area (Å²) in [6.45, 7) is 2.13. The largest absolute Gasteiger partial charge is 0.362 e. The normalized spacial score (nSPS) is 21.8. The number of nitrogens with one attached hydrogen (secondary N) is 2. The van der Waals surface area contributed by atoms with Gasteiger partial charge < -0.3 is 20.9 Å². The molecule has 33 heavy (non-hydrogen) atoms. The molecule has 5 rings (SSSR count). The third-order valence-electron chi connectivity index (χ3n) is 6.80. The zero-order valence-corrected chi connectivity index (χ0v) is 20.6. The predicted octanol–water partition coefficient (Wildman–Crippen LogP) is 5.03. The van der Waals surface area contributed by atoms with Gasteiger partial charge in [0.05, 0.1) is 12.4 Å². The van der Waals surface area contributed by atoms with Gasteiger partial charge in [-0.25, -0.2) is 4.98 Å². The van der Waals surface area contributed by atoms with E-state index in [1.54, 1.807) is 0 Å². The molecule has 0 amide bonds. The first kappa shape index (κ1) is 25.5. The highest BCUT2D eigenvalue weighted by Gasteiger charge is 2.24. The predicted molar refractivity (Wildman–Crippen MR) is 137 cm³/mol. The molecule has 0 radical (unpaired) electrons. The van der Waals surface area contributed by atoms with Crippen molar-refractivity contribution in [2.75, 3.05) is 10.6 Å². The Morgan fingerprint density at radius 1 is 1.00 bits per heavy atom. The van der Waals surface area contributed by atoms with Crippen LogP contribution in [0.1, 0.15) is 75.9 Å². The van der Waals surface area contributed by atoms with Gasteiger partial charge in [0, 0.05) is 30.5 Å². The van der Waals surface area contributed by atoms with E-state index in [0.29, 0.717) is 24.1 Å². The summed E-state index contributed by atoms with van der Waals surface area (Å²) in [5.74, 6) is 1.46. The standard InChI is InChI=1S/C23H32N8.2ClH/c1-15(16-10-12-25-13-11-16)27-21-20-22(31(14-26-20)19-4-2-3-5-19)30-23(29-21)28-18-8-6-17(24)7-9-18;;/h10-15,17-19H,2-9,24H2,1H3,(H2,27,28,29,30);2*1H. The van der Waals surface area contributed by atoms with Crippen LogP contribution in [0.3, 0.4) is 0 Å². The zero-order valence-electron chi connectivity index (χ0n) is 19.0. The molecule has 3 heterocycles. The fourth-order valence-corrected chi connectivity index (χ4v) is 4.92. The Labute approximate surface area is 207 Å². The molecule has 2 saturated carbocycles. The average Bonchev–Trinajstić information content (AvgIpc) is 3.46. The molecule has 0 saturated heterocycles. The minimum atomic E-state index is 0. The summed E-state index contributed by atoms with van der Waals surface area (Å²) in [6, 6.07) is 5.30. The van der Waals surface area contributed by atoms with E-state index in [1.165, 1.54) is 25.7 Å². The highest BCUT2D eigenvalue weighted by Crippen LogP contribution is 2.34. The van der Waals surface area contributed by atoms with Crippen LogP contribution < -0.4 is 16.4 Å². The Morgan fingerprint density at radius 3 is 2.39 bits per heavy atom. The van der Waals surface area contributed by atoms with Gasteiger partial charge in [0.15, 0.2) is 17.0 Å². The average molecular weight is 493 g/mol. The summed E-state index contributed by atoms with van der Waals surface area (Å²) in [7, 11) is 0. The fraction of sp³-hybridized carbons (Fsp3) is 0.565. The van der Waals surface area contributed by atoms with Crippen LogP contribution in [0.2, 0.25) is 0 Å². The van der Waals surface area contributed by atoms with E-state index in [1.807, 2.05) is 30.9 Å². The smallest absolute Gasteiger partial charge is 0.227 e. The Kier molecular flexibility index (Phi) is 8.73. The van der Waals surface area contributed by atoms with Crippen LogP contribution in [0.15, 0.2) is 30.9 Å². The summed E-state index contributed by atoms with van der Waals surface area (Å²) in [5, 5.41) is 7.16. The maximum Gasteiger partial charge on any atom is 0.227 e. The number of pyridine rings is 1. The topological polar surface area (TPSA) is 107 Å². The fourth-order valence-electron chi connectivity index (χ4n) is 4.92. The van der Waals surface area contributed by atoms with E-state index in [0.717, 1.165) is 48.2 Å². The number of rotatable bonds is 6. The summed E-state index contributed by atoms with van der Waals surface area (Å²) < 4.78 is 2.26. The van der Waals surface area contributed by atoms with Gasteiger partial charge in [-0.1, -0.05) is 12.8 Å². The Morgan fingerprint density at radius 2 is 1.70 bits per heavy atom. The van der Waals surface area contributed by atoms with Crippen LogP contribution in [0, 0.1) is 0 Å². The van der Waals surface area contributed by atoms with Crippen LogP contribution in [0.25, 0.3) is 11.2 Å². The quantitative estimate of drug-likeness (QED) is 0.442. The summed E-state index contributed by atoms with van der Waals surface area (Å²) in [4.78, 5) is 18.6. The van der Waals surface area contributed by atoms with E-state index in [9.17, 15) is 0 Å². The van der Waals surface area contributed by atoms with Gasteiger partial charge in [0.1, 0.15) is 0 Å². The molecular formula is C23H34Cl2N8. The summed E-state index contributed by atoms with van der Waals surface area (Å²) in [5.41, 5.74) is 9.00. The number of hydrogen-bond acceptors (Lipinski definition) is 7. The number of fused-ring (bicyclic) bond motifs is 1. The minimum absolute atomic E-state index is 0. The van der Waals surface area contributed by atoms with Crippen molar-refractivity contribution >= 4 is 47.7 Å². The second-order valence-electron chi connectivity index (χ2n) is 9.06. The first-order chi connectivity index (χ1) is 15.2. The van der Waals surface area contributed by atoms with Crippen molar-refractivity contribution in [3.05, 3.63) is 36.4 Å². The van der Waals surface area contributed by atoms with Gasteiger partial charge >= 0.3 is 0 Å². The molecule has 8 nitrogen and oxygen atoms in total. The summed E-state index contributed by atoms with van der Waals surface area (Å²) >= 11 is 0. The highest BCUT2D eigenvalue weighted by atomic mass is 35.5. The van der Waals surface area contributed by atoms with Crippen LogP contribution in [-0.4, -0.2) is 36.6 Å². The van der Waals surface area contributed by atoms with Gasteiger partial charge in [0.25, 0.3) is 0 Å². The van der Waals surface area contributed by atoms with Crippen molar-refractivity contribution in [3.63, 3.8) is 0 Å². The lowest BCUT2D eigenvalue weighted by Crippen LogP contribution is -2.33. The van der Waals surface area contributed by atoms with Gasteiger partial charge in [0.2, 0.25) is 5.95 Å². The van der Waals surface area contributed by atoms with Crippen LogP contribution in [0.5, 0.6) is 0 Å². The third kappa shape index (κ3) is 5.67. The van der Waals surface area contributed by atoms with Crippen molar-refractivity contribution in [2.24, 2.45) is 5.73 Å². The van der Waals surface area contributed by atoms with Crippen molar-refractivity contribution in [1.29, 1.82) is 0 Å². The lowest BCUT2D eigenvalue weighted by Gasteiger charge is -2.27. The van der Waals surface area contributed by atoms with Crippen molar-refractivity contribution in [3.8, 4) is 0 Å². The lowest BCUT2D eigenvalue weighted by atomic mass is 9.92. The Hall–Kier alpha value is -2.16. The molecule has 0 bridgehead atoms. The number of nitrogens with zero attached hydrogens (tertiary/aromatic N) is 5. The second kappa shape index (κ2) is 11.3. The maximum atomic E-state index is 6.09. The van der Waals surface area contributed by atoms with E-state index in [4.69, 9.17) is 20.7 Å². The van der Waals surface area contributed by atoms with Gasteiger partial charge in [-0.15, -0.1) is 24.8 Å². The minimum Gasteiger partial charge on any atom is -0.362 e. The zero-order chi connectivity index (χ0) is 21.2. The second-order valence-corrected chi connectivity index (χ2v) is 9.06. The molecule has 2 fully saturated rings. The molecule has 0 spiro atoms. The number of imidazole rings is 1. The van der Waals surface area contributed by atoms with Crippen molar-refractivity contribution < 1.29 is 0 Å². The number of hydrogen-bond donors (Lipinski definition) is 3. The maximum absolute atomic E-state index is 6.09. The van der Waals surface area contributed by atoms with Gasteiger partial charge in [-0.2, -0.15) is 9.97 Å². The van der Waals surface area contributed by atoms with Crippen LogP contribution in [0.4, 0.5) is 11.8 Å². The van der Waals surface area contributed by atoms with Gasteiger partial charge in [-0.05, 0) is 63.1 Å². The highest BCUT2D eigenvalue weighted by molar-refractivity contribution is 5.86. The molecule has 1 unspecified atom stereocenters. The molecule has 4 N–H and O–H groups in total. The lowest BCUT2D eigenvalue weighted by molar-refractivity contribution is 0.410.